The molecule has 1 unspecified atom stereocenters. The van der Waals surface area contributed by atoms with Crippen molar-refractivity contribution in [2.75, 3.05) is 20.2 Å². The molecular formula is C13H20N2O2. The van der Waals surface area contributed by atoms with E-state index in [2.05, 4.69) is 10.6 Å². The van der Waals surface area contributed by atoms with Crippen LogP contribution < -0.4 is 15.4 Å². The lowest BCUT2D eigenvalue weighted by atomic mass is 10.1. The zero-order chi connectivity index (χ0) is 12.7. The number of likely N-dealkylation sites (N-methyl/N-ethyl adjacent to an activating group) is 1. The van der Waals surface area contributed by atoms with Gasteiger partial charge < -0.3 is 15.4 Å². The first-order valence-electron chi connectivity index (χ1n) is 5.81. The van der Waals surface area contributed by atoms with Crippen LogP contribution in [0, 0.1) is 0 Å². The maximum atomic E-state index is 11.3. The van der Waals surface area contributed by atoms with Crippen LogP contribution in [-0.2, 0) is 4.79 Å². The van der Waals surface area contributed by atoms with Gasteiger partial charge in [0.05, 0.1) is 13.7 Å². The third kappa shape index (κ3) is 4.44. The van der Waals surface area contributed by atoms with Gasteiger partial charge in [0.2, 0.25) is 5.91 Å². The van der Waals surface area contributed by atoms with Crippen molar-refractivity contribution in [3.8, 4) is 5.75 Å². The van der Waals surface area contributed by atoms with Gasteiger partial charge in [-0.3, -0.25) is 4.79 Å². The Labute approximate surface area is 102 Å². The van der Waals surface area contributed by atoms with Crippen molar-refractivity contribution in [3.63, 3.8) is 0 Å². The predicted molar refractivity (Wildman–Crippen MR) is 68.1 cm³/mol. The second kappa shape index (κ2) is 6.91. The van der Waals surface area contributed by atoms with Crippen LogP contribution in [0.15, 0.2) is 24.3 Å². The van der Waals surface area contributed by atoms with Crippen molar-refractivity contribution in [2.45, 2.75) is 19.9 Å². The minimum absolute atomic E-state index is 0.0160. The molecule has 1 rings (SSSR count). The lowest BCUT2D eigenvalue weighted by Gasteiger charge is -2.14. The molecule has 0 saturated heterocycles. The first kappa shape index (κ1) is 13.5. The van der Waals surface area contributed by atoms with Crippen LogP contribution >= 0.6 is 0 Å². The van der Waals surface area contributed by atoms with Gasteiger partial charge in [-0.2, -0.15) is 0 Å². The monoisotopic (exact) mass is 236 g/mol. The second-order valence-electron chi connectivity index (χ2n) is 3.83. The third-order valence-corrected chi connectivity index (χ3v) is 2.54. The van der Waals surface area contributed by atoms with Crippen LogP contribution in [0.4, 0.5) is 0 Å². The largest absolute Gasteiger partial charge is 0.497 e. The predicted octanol–water partition coefficient (Wildman–Crippen LogP) is 1.48. The first-order valence-corrected chi connectivity index (χ1v) is 5.81. The van der Waals surface area contributed by atoms with Crippen LogP contribution in [0.3, 0.4) is 0 Å². The lowest BCUT2D eigenvalue weighted by Crippen LogP contribution is -2.34. The van der Waals surface area contributed by atoms with Crippen molar-refractivity contribution >= 4 is 5.91 Å². The molecule has 2 N–H and O–H groups in total. The van der Waals surface area contributed by atoms with Gasteiger partial charge in [0, 0.05) is 12.6 Å². The van der Waals surface area contributed by atoms with Gasteiger partial charge in [0.15, 0.2) is 0 Å². The van der Waals surface area contributed by atoms with Gasteiger partial charge in [-0.1, -0.05) is 12.1 Å². The Morgan fingerprint density at radius 3 is 2.88 bits per heavy atom. The van der Waals surface area contributed by atoms with E-state index in [9.17, 15) is 4.79 Å². The Kier molecular flexibility index (Phi) is 5.49. The van der Waals surface area contributed by atoms with E-state index in [1.165, 1.54) is 0 Å². The molecule has 4 heteroatoms. The maximum Gasteiger partial charge on any atom is 0.233 e. The first-order chi connectivity index (χ1) is 8.17. The summed E-state index contributed by atoms with van der Waals surface area (Å²) < 4.78 is 5.16. The fraction of sp³-hybridized carbons (Fsp3) is 0.462. The van der Waals surface area contributed by atoms with Crippen LogP contribution in [0.1, 0.15) is 25.5 Å². The molecule has 0 fully saturated rings. The molecular weight excluding hydrogens is 216 g/mol. The highest BCUT2D eigenvalue weighted by molar-refractivity contribution is 5.77. The number of rotatable bonds is 6. The molecule has 0 aliphatic heterocycles. The fourth-order valence-corrected chi connectivity index (χ4v) is 1.53. The SMILES string of the molecule is CCNC(=O)CNC(C)c1cccc(OC)c1. The van der Waals surface area contributed by atoms with Gasteiger partial charge in [-0.15, -0.1) is 0 Å². The second-order valence-corrected chi connectivity index (χ2v) is 3.83. The number of methoxy groups -OCH3 is 1. The molecule has 4 nitrogen and oxygen atoms in total. The van der Waals surface area contributed by atoms with Gasteiger partial charge in [-0.05, 0) is 31.5 Å². The number of carbonyl (C=O) groups excluding carboxylic acids is 1. The zero-order valence-electron chi connectivity index (χ0n) is 10.6. The van der Waals surface area contributed by atoms with E-state index in [0.717, 1.165) is 11.3 Å². The molecule has 0 aliphatic rings. The van der Waals surface area contributed by atoms with Gasteiger partial charge in [-0.25, -0.2) is 0 Å². The van der Waals surface area contributed by atoms with Gasteiger partial charge in [0.1, 0.15) is 5.75 Å². The average Bonchev–Trinajstić information content (AvgIpc) is 2.36. The zero-order valence-corrected chi connectivity index (χ0v) is 10.6. The number of amides is 1. The summed E-state index contributed by atoms with van der Waals surface area (Å²) in [4.78, 5) is 11.3. The number of benzene rings is 1. The quantitative estimate of drug-likeness (QED) is 0.786. The third-order valence-electron chi connectivity index (χ3n) is 2.54. The number of hydrogen-bond donors (Lipinski definition) is 2. The molecule has 94 valence electrons. The highest BCUT2D eigenvalue weighted by atomic mass is 16.5. The van der Waals surface area contributed by atoms with Crippen molar-refractivity contribution in [1.29, 1.82) is 0 Å². The summed E-state index contributed by atoms with van der Waals surface area (Å²) in [6, 6.07) is 7.94. The van der Waals surface area contributed by atoms with E-state index >= 15 is 0 Å². The van der Waals surface area contributed by atoms with Crippen LogP contribution in [0.2, 0.25) is 0 Å². The van der Waals surface area contributed by atoms with Crippen LogP contribution in [0.25, 0.3) is 0 Å². The molecule has 1 atom stereocenters. The minimum atomic E-state index is 0.0160. The normalized spacial score (nSPS) is 11.9. The number of carbonyl (C=O) groups is 1. The van der Waals surface area contributed by atoms with Gasteiger partial charge >= 0.3 is 0 Å². The number of ether oxygens (including phenoxy) is 1. The molecule has 0 spiro atoms. The van der Waals surface area contributed by atoms with E-state index < -0.39 is 0 Å². The summed E-state index contributed by atoms with van der Waals surface area (Å²) in [6.07, 6.45) is 0. The van der Waals surface area contributed by atoms with Crippen molar-refractivity contribution in [1.82, 2.24) is 10.6 Å². The Hall–Kier alpha value is -1.55. The fourth-order valence-electron chi connectivity index (χ4n) is 1.53. The molecule has 0 bridgehead atoms. The van der Waals surface area contributed by atoms with Crippen molar-refractivity contribution in [3.05, 3.63) is 29.8 Å². The molecule has 1 aromatic rings. The molecule has 0 saturated carbocycles. The van der Waals surface area contributed by atoms with E-state index in [1.807, 2.05) is 38.1 Å². The van der Waals surface area contributed by atoms with Crippen LogP contribution in [-0.4, -0.2) is 26.1 Å². The molecule has 0 heterocycles. The van der Waals surface area contributed by atoms with E-state index in [-0.39, 0.29) is 11.9 Å². The summed E-state index contributed by atoms with van der Waals surface area (Å²) in [6.45, 7) is 4.91. The Morgan fingerprint density at radius 2 is 2.24 bits per heavy atom. The summed E-state index contributed by atoms with van der Waals surface area (Å²) in [7, 11) is 1.64. The summed E-state index contributed by atoms with van der Waals surface area (Å²) in [5, 5.41) is 5.92. The maximum absolute atomic E-state index is 11.3. The Bertz CT molecular complexity index is 366. The van der Waals surface area contributed by atoms with E-state index in [1.54, 1.807) is 7.11 Å². The molecule has 1 aromatic carbocycles. The summed E-state index contributed by atoms with van der Waals surface area (Å²) in [5.74, 6) is 0.844. The molecule has 1 amide bonds. The topological polar surface area (TPSA) is 50.4 Å². The Balaban J connectivity index is 2.51. The molecule has 17 heavy (non-hydrogen) atoms. The molecule has 0 aromatic heterocycles. The highest BCUT2D eigenvalue weighted by Crippen LogP contribution is 2.18. The van der Waals surface area contributed by atoms with Crippen molar-refractivity contribution < 1.29 is 9.53 Å². The van der Waals surface area contributed by atoms with E-state index in [4.69, 9.17) is 4.74 Å². The minimum Gasteiger partial charge on any atom is -0.497 e. The number of hydrogen-bond acceptors (Lipinski definition) is 3. The smallest absolute Gasteiger partial charge is 0.233 e. The summed E-state index contributed by atoms with van der Waals surface area (Å²) in [5.41, 5.74) is 1.11. The number of nitrogens with one attached hydrogen (secondary N) is 2. The standard InChI is InChI=1S/C13H20N2O2/c1-4-14-13(16)9-15-10(2)11-6-5-7-12(8-11)17-3/h5-8,10,15H,4,9H2,1-3H3,(H,14,16). The average molecular weight is 236 g/mol. The molecule has 0 aliphatic carbocycles. The van der Waals surface area contributed by atoms with Crippen molar-refractivity contribution in [2.24, 2.45) is 0 Å². The van der Waals surface area contributed by atoms with Gasteiger partial charge in [0.25, 0.3) is 0 Å². The molecule has 0 radical (unpaired) electrons. The Morgan fingerprint density at radius 1 is 1.47 bits per heavy atom. The lowest BCUT2D eigenvalue weighted by molar-refractivity contribution is -0.120. The van der Waals surface area contributed by atoms with E-state index in [0.29, 0.717) is 13.1 Å². The summed E-state index contributed by atoms with van der Waals surface area (Å²) >= 11 is 0. The highest BCUT2D eigenvalue weighted by Gasteiger charge is 2.07. The van der Waals surface area contributed by atoms with Crippen LogP contribution in [0.5, 0.6) is 5.75 Å².